The monoisotopic (exact) mass is 182 g/mol. The van der Waals surface area contributed by atoms with Gasteiger partial charge >= 0.3 is 0 Å². The largest absolute Gasteiger partial charge is 0.0880 e. The van der Waals surface area contributed by atoms with Crippen LogP contribution in [-0.4, -0.2) is 0 Å². The number of hydrogen-bond acceptors (Lipinski definition) is 0. The zero-order valence-electron chi connectivity index (χ0n) is 9.90. The van der Waals surface area contributed by atoms with Crippen LogP contribution in [0, 0.1) is 5.41 Å². The lowest BCUT2D eigenvalue weighted by Crippen LogP contribution is -1.97. The molecule has 0 rings (SSSR count). The van der Waals surface area contributed by atoms with Crippen molar-refractivity contribution in [3.63, 3.8) is 0 Å². The lowest BCUT2D eigenvalue weighted by atomic mass is 9.95. The summed E-state index contributed by atoms with van der Waals surface area (Å²) in [6, 6.07) is 0. The van der Waals surface area contributed by atoms with E-state index in [1.165, 1.54) is 38.5 Å². The van der Waals surface area contributed by atoms with Crippen LogP contribution in [0.5, 0.6) is 0 Å². The van der Waals surface area contributed by atoms with Crippen molar-refractivity contribution in [2.75, 3.05) is 0 Å². The summed E-state index contributed by atoms with van der Waals surface area (Å²) in [5.74, 6) is 0. The Hall–Kier alpha value is -0.260. The van der Waals surface area contributed by atoms with E-state index in [9.17, 15) is 0 Å². The first-order valence-electron chi connectivity index (χ1n) is 5.74. The Bertz CT molecular complexity index is 125. The van der Waals surface area contributed by atoms with Gasteiger partial charge in [0.05, 0.1) is 0 Å². The Morgan fingerprint density at radius 2 is 1.54 bits per heavy atom. The van der Waals surface area contributed by atoms with E-state index in [1.807, 2.05) is 0 Å². The third kappa shape index (κ3) is 11.7. The standard InChI is InChI=1S/C13H26/c1-5-6-7-8-9-10-11-12-13(2,3)4/h11-12H,5-10H2,1-4H3/b12-11+. The van der Waals surface area contributed by atoms with Crippen LogP contribution in [-0.2, 0) is 0 Å². The molecule has 0 spiro atoms. The molecule has 0 aromatic rings. The van der Waals surface area contributed by atoms with E-state index in [0.717, 1.165) is 0 Å². The predicted molar refractivity (Wildman–Crippen MR) is 62.0 cm³/mol. The molecule has 0 radical (unpaired) electrons. The van der Waals surface area contributed by atoms with E-state index < -0.39 is 0 Å². The van der Waals surface area contributed by atoms with E-state index in [2.05, 4.69) is 39.8 Å². The summed E-state index contributed by atoms with van der Waals surface area (Å²) < 4.78 is 0. The number of hydrogen-bond donors (Lipinski definition) is 0. The fraction of sp³-hybridized carbons (Fsp3) is 0.846. The quantitative estimate of drug-likeness (QED) is 0.403. The molecule has 0 aliphatic carbocycles. The third-order valence-corrected chi connectivity index (χ3v) is 2.09. The van der Waals surface area contributed by atoms with Crippen LogP contribution in [0.15, 0.2) is 12.2 Å². The molecule has 0 fully saturated rings. The maximum absolute atomic E-state index is 2.34. The second-order valence-corrected chi connectivity index (χ2v) is 4.97. The maximum atomic E-state index is 2.34. The average molecular weight is 182 g/mol. The van der Waals surface area contributed by atoms with E-state index in [0.29, 0.717) is 5.41 Å². The highest BCUT2D eigenvalue weighted by atomic mass is 14.1. The summed E-state index contributed by atoms with van der Waals surface area (Å²) in [5, 5.41) is 0. The van der Waals surface area contributed by atoms with Gasteiger partial charge in [0.1, 0.15) is 0 Å². The number of unbranched alkanes of at least 4 members (excludes halogenated alkanes) is 5. The van der Waals surface area contributed by atoms with Crippen molar-refractivity contribution in [3.8, 4) is 0 Å². The molecule has 13 heavy (non-hydrogen) atoms. The molecule has 0 aromatic heterocycles. The summed E-state index contributed by atoms with van der Waals surface area (Å²) in [6.07, 6.45) is 12.9. The van der Waals surface area contributed by atoms with Crippen LogP contribution in [0.4, 0.5) is 0 Å². The van der Waals surface area contributed by atoms with Crippen LogP contribution < -0.4 is 0 Å². The minimum atomic E-state index is 0.365. The minimum absolute atomic E-state index is 0.365. The van der Waals surface area contributed by atoms with Gasteiger partial charge in [-0.2, -0.15) is 0 Å². The molecule has 0 aromatic carbocycles. The van der Waals surface area contributed by atoms with Crippen LogP contribution in [0.2, 0.25) is 0 Å². The molecule has 78 valence electrons. The fourth-order valence-corrected chi connectivity index (χ4v) is 1.30. The molecule has 0 saturated carbocycles. The smallest absolute Gasteiger partial charge is 0.0203 e. The van der Waals surface area contributed by atoms with Crippen molar-refractivity contribution >= 4 is 0 Å². The molecular formula is C13H26. The average Bonchev–Trinajstić information content (AvgIpc) is 2.01. The topological polar surface area (TPSA) is 0 Å². The Labute approximate surface area is 84.4 Å². The van der Waals surface area contributed by atoms with Gasteiger partial charge in [0, 0.05) is 0 Å². The molecular weight excluding hydrogens is 156 g/mol. The Balaban J connectivity index is 3.21. The van der Waals surface area contributed by atoms with Crippen LogP contribution in [0.1, 0.15) is 66.2 Å². The molecule has 0 bridgehead atoms. The van der Waals surface area contributed by atoms with Crippen molar-refractivity contribution < 1.29 is 0 Å². The molecule has 0 nitrogen and oxygen atoms in total. The van der Waals surface area contributed by atoms with Crippen LogP contribution in [0.25, 0.3) is 0 Å². The molecule has 0 saturated heterocycles. The van der Waals surface area contributed by atoms with Gasteiger partial charge < -0.3 is 0 Å². The van der Waals surface area contributed by atoms with E-state index >= 15 is 0 Å². The van der Waals surface area contributed by atoms with E-state index in [4.69, 9.17) is 0 Å². The van der Waals surface area contributed by atoms with Crippen molar-refractivity contribution in [3.05, 3.63) is 12.2 Å². The maximum Gasteiger partial charge on any atom is -0.0203 e. The number of allylic oxidation sites excluding steroid dienone is 2. The van der Waals surface area contributed by atoms with Crippen molar-refractivity contribution in [1.29, 1.82) is 0 Å². The Morgan fingerprint density at radius 3 is 2.08 bits per heavy atom. The van der Waals surface area contributed by atoms with Gasteiger partial charge in [-0.05, 0) is 18.3 Å². The molecule has 0 N–H and O–H groups in total. The first-order chi connectivity index (χ1) is 6.06. The molecule has 0 heteroatoms. The highest BCUT2D eigenvalue weighted by Crippen LogP contribution is 2.15. The molecule has 0 heterocycles. The normalized spacial score (nSPS) is 12.6. The van der Waals surface area contributed by atoms with Gasteiger partial charge in [-0.1, -0.05) is 65.5 Å². The lowest BCUT2D eigenvalue weighted by Gasteiger charge is -2.10. The first-order valence-corrected chi connectivity index (χ1v) is 5.74. The fourth-order valence-electron chi connectivity index (χ4n) is 1.30. The van der Waals surface area contributed by atoms with Crippen molar-refractivity contribution in [1.82, 2.24) is 0 Å². The van der Waals surface area contributed by atoms with Crippen LogP contribution >= 0.6 is 0 Å². The number of rotatable bonds is 6. The van der Waals surface area contributed by atoms with Gasteiger partial charge in [-0.25, -0.2) is 0 Å². The third-order valence-electron chi connectivity index (χ3n) is 2.09. The summed E-state index contributed by atoms with van der Waals surface area (Å²) in [5.41, 5.74) is 0.365. The van der Waals surface area contributed by atoms with Crippen molar-refractivity contribution in [2.24, 2.45) is 5.41 Å². The van der Waals surface area contributed by atoms with Crippen LogP contribution in [0.3, 0.4) is 0 Å². The summed E-state index contributed by atoms with van der Waals surface area (Å²) >= 11 is 0. The van der Waals surface area contributed by atoms with E-state index in [-0.39, 0.29) is 0 Å². The SMILES string of the molecule is CCCCCCC/C=C/C(C)(C)C. The molecule has 0 unspecified atom stereocenters. The predicted octanol–water partition coefficient (Wildman–Crippen LogP) is 4.95. The molecule has 0 amide bonds. The highest BCUT2D eigenvalue weighted by molar-refractivity contribution is 4.91. The van der Waals surface area contributed by atoms with Gasteiger partial charge in [0.25, 0.3) is 0 Å². The second-order valence-electron chi connectivity index (χ2n) is 4.97. The molecule has 0 aliphatic rings. The van der Waals surface area contributed by atoms with Gasteiger partial charge in [0.2, 0.25) is 0 Å². The van der Waals surface area contributed by atoms with Crippen molar-refractivity contribution in [2.45, 2.75) is 66.2 Å². The Kier molecular flexibility index (Phi) is 7.03. The summed E-state index contributed by atoms with van der Waals surface area (Å²) in [7, 11) is 0. The molecule has 0 atom stereocenters. The highest BCUT2D eigenvalue weighted by Gasteiger charge is 2.02. The second kappa shape index (κ2) is 7.17. The van der Waals surface area contributed by atoms with Gasteiger partial charge in [-0.15, -0.1) is 0 Å². The van der Waals surface area contributed by atoms with E-state index in [1.54, 1.807) is 0 Å². The summed E-state index contributed by atoms with van der Waals surface area (Å²) in [6.45, 7) is 9.02. The van der Waals surface area contributed by atoms with Gasteiger partial charge in [-0.3, -0.25) is 0 Å². The first kappa shape index (κ1) is 12.7. The summed E-state index contributed by atoms with van der Waals surface area (Å²) in [4.78, 5) is 0. The lowest BCUT2D eigenvalue weighted by molar-refractivity contribution is 0.540. The molecule has 0 aliphatic heterocycles. The zero-order chi connectivity index (χ0) is 10.2. The van der Waals surface area contributed by atoms with Gasteiger partial charge in [0.15, 0.2) is 0 Å². The zero-order valence-corrected chi connectivity index (χ0v) is 9.90. The minimum Gasteiger partial charge on any atom is -0.0880 e. The Morgan fingerprint density at radius 1 is 0.923 bits per heavy atom.